The Hall–Kier alpha value is -0.760. The van der Waals surface area contributed by atoms with Gasteiger partial charge in [-0.05, 0) is 25.4 Å². The maximum atomic E-state index is 12.1. The van der Waals surface area contributed by atoms with Crippen LogP contribution in [0.3, 0.4) is 0 Å². The fourth-order valence-electron chi connectivity index (χ4n) is 2.08. The van der Waals surface area contributed by atoms with E-state index < -0.39 is 5.60 Å². The summed E-state index contributed by atoms with van der Waals surface area (Å²) < 4.78 is 0.281. The van der Waals surface area contributed by atoms with Crippen LogP contribution in [0, 0.1) is 0 Å². The first-order valence-corrected chi connectivity index (χ1v) is 7.27. The van der Waals surface area contributed by atoms with Gasteiger partial charge in [0.05, 0.1) is 5.60 Å². The van der Waals surface area contributed by atoms with Gasteiger partial charge in [0.15, 0.2) is 0 Å². The van der Waals surface area contributed by atoms with Crippen molar-refractivity contribution in [2.45, 2.75) is 19.4 Å². The lowest BCUT2D eigenvalue weighted by Gasteiger charge is -2.36. The number of amides is 1. The van der Waals surface area contributed by atoms with Gasteiger partial charge < -0.3 is 10.0 Å². The van der Waals surface area contributed by atoms with Crippen molar-refractivity contribution in [1.82, 2.24) is 20.0 Å². The van der Waals surface area contributed by atoms with E-state index in [4.69, 9.17) is 11.6 Å². The Morgan fingerprint density at radius 2 is 2.00 bits per heavy atom. The molecule has 1 fully saturated rings. The summed E-state index contributed by atoms with van der Waals surface area (Å²) in [6, 6.07) is 0. The molecule has 0 bridgehead atoms. The first-order chi connectivity index (χ1) is 8.85. The van der Waals surface area contributed by atoms with E-state index in [-0.39, 0.29) is 10.4 Å². The molecule has 1 aliphatic heterocycles. The Morgan fingerprint density at radius 1 is 1.37 bits per heavy atom. The van der Waals surface area contributed by atoms with Crippen LogP contribution in [0.5, 0.6) is 0 Å². The van der Waals surface area contributed by atoms with E-state index in [0.717, 1.165) is 24.4 Å². The van der Waals surface area contributed by atoms with Crippen LogP contribution in [-0.4, -0.2) is 69.3 Å². The van der Waals surface area contributed by atoms with Crippen LogP contribution in [0.4, 0.5) is 0 Å². The summed E-state index contributed by atoms with van der Waals surface area (Å²) in [7, 11) is 0. The molecule has 1 aromatic rings. The second-order valence-electron chi connectivity index (χ2n) is 5.24. The van der Waals surface area contributed by atoms with Gasteiger partial charge in [0.25, 0.3) is 5.91 Å². The zero-order valence-corrected chi connectivity index (χ0v) is 12.5. The summed E-state index contributed by atoms with van der Waals surface area (Å²) in [6.07, 6.45) is 0. The van der Waals surface area contributed by atoms with Crippen molar-refractivity contribution in [2.75, 3.05) is 32.7 Å². The highest BCUT2D eigenvalue weighted by Crippen LogP contribution is 2.17. The highest BCUT2D eigenvalue weighted by atomic mass is 35.5. The number of aliphatic hydroxyl groups is 1. The van der Waals surface area contributed by atoms with E-state index in [2.05, 4.69) is 15.1 Å². The molecule has 19 heavy (non-hydrogen) atoms. The van der Waals surface area contributed by atoms with E-state index in [1.165, 1.54) is 0 Å². The van der Waals surface area contributed by atoms with Gasteiger partial charge in [-0.3, -0.25) is 9.69 Å². The molecule has 8 heteroatoms. The van der Waals surface area contributed by atoms with E-state index in [1.54, 1.807) is 18.7 Å². The maximum Gasteiger partial charge on any atom is 0.284 e. The van der Waals surface area contributed by atoms with Crippen molar-refractivity contribution in [1.29, 1.82) is 0 Å². The Balaban J connectivity index is 1.88. The molecule has 0 unspecified atom stereocenters. The van der Waals surface area contributed by atoms with Gasteiger partial charge in [-0.25, -0.2) is 0 Å². The van der Waals surface area contributed by atoms with Crippen LogP contribution >= 0.6 is 22.9 Å². The molecule has 1 aliphatic rings. The normalized spacial score (nSPS) is 17.8. The third kappa shape index (κ3) is 4.10. The number of rotatable bonds is 3. The molecule has 1 amide bonds. The summed E-state index contributed by atoms with van der Waals surface area (Å²) in [4.78, 5) is 16.0. The third-order valence-electron chi connectivity index (χ3n) is 2.85. The molecule has 1 saturated heterocycles. The molecule has 0 aliphatic carbocycles. The predicted molar refractivity (Wildman–Crippen MR) is 73.6 cm³/mol. The van der Waals surface area contributed by atoms with Crippen LogP contribution in [-0.2, 0) is 0 Å². The van der Waals surface area contributed by atoms with Crippen molar-refractivity contribution in [3.8, 4) is 0 Å². The number of piperazine rings is 1. The van der Waals surface area contributed by atoms with E-state index >= 15 is 0 Å². The molecule has 0 atom stereocenters. The van der Waals surface area contributed by atoms with Crippen LogP contribution < -0.4 is 0 Å². The number of β-amino-alcohol motifs (C(OH)–C–C–N with tert-alkyl or cyclic N) is 1. The zero-order valence-electron chi connectivity index (χ0n) is 11.0. The number of aromatic nitrogens is 2. The fourth-order valence-corrected chi connectivity index (χ4v) is 2.88. The van der Waals surface area contributed by atoms with Gasteiger partial charge in [0.2, 0.25) is 9.47 Å². The average molecular weight is 305 g/mol. The largest absolute Gasteiger partial charge is 0.389 e. The number of nitrogens with zero attached hydrogens (tertiary/aromatic N) is 4. The average Bonchev–Trinajstić information content (AvgIpc) is 2.74. The van der Waals surface area contributed by atoms with Gasteiger partial charge in [-0.2, -0.15) is 0 Å². The van der Waals surface area contributed by atoms with Crippen molar-refractivity contribution in [2.24, 2.45) is 0 Å². The lowest BCUT2D eigenvalue weighted by Crippen LogP contribution is -2.52. The highest BCUT2D eigenvalue weighted by molar-refractivity contribution is 7.17. The quantitative estimate of drug-likeness (QED) is 0.891. The lowest BCUT2D eigenvalue weighted by atomic mass is 10.1. The molecule has 0 saturated carbocycles. The summed E-state index contributed by atoms with van der Waals surface area (Å²) in [5.74, 6) is -0.118. The monoisotopic (exact) mass is 304 g/mol. The minimum atomic E-state index is -0.709. The van der Waals surface area contributed by atoms with Crippen molar-refractivity contribution < 1.29 is 9.90 Å². The molecule has 0 aromatic carbocycles. The van der Waals surface area contributed by atoms with Crippen LogP contribution in [0.15, 0.2) is 0 Å². The van der Waals surface area contributed by atoms with Crippen LogP contribution in [0.1, 0.15) is 23.6 Å². The maximum absolute atomic E-state index is 12.1. The summed E-state index contributed by atoms with van der Waals surface area (Å²) >= 11 is 6.78. The fraction of sp³-hybridized carbons (Fsp3) is 0.727. The first-order valence-electron chi connectivity index (χ1n) is 6.08. The molecular weight excluding hydrogens is 288 g/mol. The summed E-state index contributed by atoms with van der Waals surface area (Å²) in [6.45, 7) is 6.95. The molecule has 6 nitrogen and oxygen atoms in total. The third-order valence-corrected chi connectivity index (χ3v) is 3.86. The number of hydrogen-bond acceptors (Lipinski definition) is 6. The van der Waals surface area contributed by atoms with Gasteiger partial charge >= 0.3 is 0 Å². The molecule has 1 aromatic heterocycles. The first kappa shape index (κ1) is 14.6. The molecule has 2 heterocycles. The van der Waals surface area contributed by atoms with Crippen LogP contribution in [0.25, 0.3) is 0 Å². The van der Waals surface area contributed by atoms with Crippen molar-refractivity contribution >= 4 is 28.8 Å². The number of halogens is 1. The van der Waals surface area contributed by atoms with Gasteiger partial charge in [-0.1, -0.05) is 11.3 Å². The van der Waals surface area contributed by atoms with E-state index in [1.807, 2.05) is 0 Å². The van der Waals surface area contributed by atoms with Crippen molar-refractivity contribution in [3.63, 3.8) is 0 Å². The zero-order chi connectivity index (χ0) is 14.0. The Morgan fingerprint density at radius 3 is 2.47 bits per heavy atom. The number of carbonyl (C=O) groups excluding carboxylic acids is 1. The molecule has 1 N–H and O–H groups in total. The molecule has 106 valence electrons. The smallest absolute Gasteiger partial charge is 0.284 e. The van der Waals surface area contributed by atoms with E-state index in [9.17, 15) is 9.90 Å². The lowest BCUT2D eigenvalue weighted by molar-refractivity contribution is 0.0178. The number of carbonyl (C=O) groups is 1. The second-order valence-corrected chi connectivity index (χ2v) is 6.80. The van der Waals surface area contributed by atoms with Crippen LogP contribution in [0.2, 0.25) is 4.47 Å². The summed E-state index contributed by atoms with van der Waals surface area (Å²) in [5, 5.41) is 17.5. The second kappa shape index (κ2) is 5.70. The molecule has 2 rings (SSSR count). The topological polar surface area (TPSA) is 69.6 Å². The summed E-state index contributed by atoms with van der Waals surface area (Å²) in [5.41, 5.74) is -0.709. The minimum Gasteiger partial charge on any atom is -0.389 e. The minimum absolute atomic E-state index is 0.118. The van der Waals surface area contributed by atoms with Crippen molar-refractivity contribution in [3.05, 3.63) is 9.47 Å². The van der Waals surface area contributed by atoms with E-state index in [0.29, 0.717) is 24.6 Å². The molecular formula is C11H17ClN4O2S. The SMILES string of the molecule is CC(C)(O)CN1CCN(C(=O)c2nnc(Cl)s2)CC1. The predicted octanol–water partition coefficient (Wildman–Crippen LogP) is 0.720. The Labute approximate surface area is 121 Å². The molecule has 0 radical (unpaired) electrons. The van der Waals surface area contributed by atoms with Gasteiger partial charge in [0.1, 0.15) is 0 Å². The highest BCUT2D eigenvalue weighted by Gasteiger charge is 2.27. The standard InChI is InChI=1S/C11H17ClN4O2S/c1-11(2,18)7-15-3-5-16(6-4-15)9(17)8-13-14-10(12)19-8/h18H,3-7H2,1-2H3. The molecule has 0 spiro atoms. The number of hydrogen-bond donors (Lipinski definition) is 1. The Kier molecular flexibility index (Phi) is 4.39. The Bertz CT molecular complexity index is 452. The van der Waals surface area contributed by atoms with Gasteiger partial charge in [-0.15, -0.1) is 10.2 Å². The van der Waals surface area contributed by atoms with Gasteiger partial charge in [0, 0.05) is 32.7 Å².